The third-order valence-electron chi connectivity index (χ3n) is 3.86. The molecule has 0 unspecified atom stereocenters. The van der Waals surface area contributed by atoms with E-state index in [-0.39, 0.29) is 5.91 Å². The van der Waals surface area contributed by atoms with E-state index in [1.54, 1.807) is 0 Å². The van der Waals surface area contributed by atoms with Gasteiger partial charge in [-0.3, -0.25) is 4.79 Å². The number of nitrogens with zero attached hydrogens (tertiary/aromatic N) is 1. The predicted octanol–water partition coefficient (Wildman–Crippen LogP) is 3.89. The molecule has 1 heterocycles. The van der Waals surface area contributed by atoms with Crippen molar-refractivity contribution in [3.05, 3.63) is 53.3 Å². The summed E-state index contributed by atoms with van der Waals surface area (Å²) in [5.41, 5.74) is 4.13. The van der Waals surface area contributed by atoms with Crippen LogP contribution >= 0.6 is 0 Å². The van der Waals surface area contributed by atoms with E-state index in [1.807, 2.05) is 24.3 Å². The number of carbonyl (C=O) groups excluding carboxylic acids is 1. The second-order valence-electron chi connectivity index (χ2n) is 6.58. The fraction of sp³-hybridized carbons (Fsp3) is 0.450. The third kappa shape index (κ3) is 4.96. The molecule has 0 radical (unpaired) electrons. The Balaban J connectivity index is 1.83. The molecule has 1 aromatic carbocycles. The lowest BCUT2D eigenvalue weighted by Gasteiger charge is -2.11. The number of hydrogen-bond acceptors (Lipinski definition) is 2. The van der Waals surface area contributed by atoms with Crippen molar-refractivity contribution in [3.63, 3.8) is 0 Å². The molecule has 130 valence electrons. The molecular formula is C20H28N2O2. The Labute approximate surface area is 144 Å². The zero-order chi connectivity index (χ0) is 17.5. The molecule has 2 rings (SSSR count). The molecule has 0 fully saturated rings. The number of aromatic nitrogens is 1. The Morgan fingerprint density at radius 3 is 2.29 bits per heavy atom. The van der Waals surface area contributed by atoms with Gasteiger partial charge < -0.3 is 14.6 Å². The van der Waals surface area contributed by atoms with Crippen LogP contribution in [0.15, 0.2) is 36.4 Å². The van der Waals surface area contributed by atoms with Gasteiger partial charge in [0.1, 0.15) is 0 Å². The molecule has 0 aliphatic rings. The molecule has 0 bridgehead atoms. The van der Waals surface area contributed by atoms with Gasteiger partial charge in [-0.15, -0.1) is 0 Å². The van der Waals surface area contributed by atoms with Crippen molar-refractivity contribution in [2.24, 2.45) is 5.92 Å². The van der Waals surface area contributed by atoms with E-state index >= 15 is 0 Å². The first kappa shape index (κ1) is 18.3. The lowest BCUT2D eigenvalue weighted by atomic mass is 10.2. The standard InChI is InChI=1S/C20H28N2O2/c1-15(2)14-24-13-5-12-21-20(23)18-8-10-19(11-9-18)22-16(3)6-7-17(22)4/h6-11,15H,5,12-14H2,1-4H3,(H,21,23). The second-order valence-corrected chi connectivity index (χ2v) is 6.58. The van der Waals surface area contributed by atoms with Crippen molar-refractivity contribution in [2.45, 2.75) is 34.1 Å². The zero-order valence-corrected chi connectivity index (χ0v) is 15.1. The van der Waals surface area contributed by atoms with Crippen LogP contribution in [0.2, 0.25) is 0 Å². The van der Waals surface area contributed by atoms with Crippen LogP contribution in [-0.4, -0.2) is 30.2 Å². The molecule has 0 aliphatic heterocycles. The lowest BCUT2D eigenvalue weighted by molar-refractivity contribution is 0.0925. The Morgan fingerprint density at radius 1 is 1.08 bits per heavy atom. The van der Waals surface area contributed by atoms with Gasteiger partial charge in [-0.25, -0.2) is 0 Å². The molecule has 0 saturated carbocycles. The van der Waals surface area contributed by atoms with Gasteiger partial charge in [0, 0.05) is 42.4 Å². The van der Waals surface area contributed by atoms with Crippen LogP contribution in [0.5, 0.6) is 0 Å². The first-order chi connectivity index (χ1) is 11.5. The van der Waals surface area contributed by atoms with E-state index in [0.29, 0.717) is 24.6 Å². The molecule has 2 aromatic rings. The molecular weight excluding hydrogens is 300 g/mol. The highest BCUT2D eigenvalue weighted by Gasteiger charge is 2.07. The highest BCUT2D eigenvalue weighted by atomic mass is 16.5. The normalized spacial score (nSPS) is 11.0. The molecule has 24 heavy (non-hydrogen) atoms. The highest BCUT2D eigenvalue weighted by Crippen LogP contribution is 2.16. The number of carbonyl (C=O) groups is 1. The van der Waals surface area contributed by atoms with Crippen molar-refractivity contribution in [1.82, 2.24) is 9.88 Å². The minimum Gasteiger partial charge on any atom is -0.381 e. The topological polar surface area (TPSA) is 43.3 Å². The summed E-state index contributed by atoms with van der Waals surface area (Å²) in [6, 6.07) is 11.9. The van der Waals surface area contributed by atoms with Crippen LogP contribution in [-0.2, 0) is 4.74 Å². The highest BCUT2D eigenvalue weighted by molar-refractivity contribution is 5.94. The predicted molar refractivity (Wildman–Crippen MR) is 97.9 cm³/mol. The lowest BCUT2D eigenvalue weighted by Crippen LogP contribution is -2.25. The Morgan fingerprint density at radius 2 is 1.71 bits per heavy atom. The van der Waals surface area contributed by atoms with Crippen LogP contribution < -0.4 is 5.32 Å². The summed E-state index contributed by atoms with van der Waals surface area (Å²) in [6.07, 6.45) is 0.832. The quantitative estimate of drug-likeness (QED) is 0.747. The van der Waals surface area contributed by atoms with Crippen LogP contribution in [0.3, 0.4) is 0 Å². The first-order valence-corrected chi connectivity index (χ1v) is 8.60. The van der Waals surface area contributed by atoms with Gasteiger partial charge in [0.05, 0.1) is 0 Å². The molecule has 0 spiro atoms. The molecule has 1 aromatic heterocycles. The molecule has 0 atom stereocenters. The summed E-state index contributed by atoms with van der Waals surface area (Å²) in [7, 11) is 0. The van der Waals surface area contributed by atoms with E-state index < -0.39 is 0 Å². The van der Waals surface area contributed by atoms with Crippen LogP contribution in [0.1, 0.15) is 42.0 Å². The van der Waals surface area contributed by atoms with Gasteiger partial charge in [0.15, 0.2) is 0 Å². The largest absolute Gasteiger partial charge is 0.381 e. The monoisotopic (exact) mass is 328 g/mol. The average molecular weight is 328 g/mol. The van der Waals surface area contributed by atoms with Crippen LogP contribution in [0, 0.1) is 19.8 Å². The van der Waals surface area contributed by atoms with Gasteiger partial charge in [-0.05, 0) is 62.6 Å². The number of nitrogens with one attached hydrogen (secondary N) is 1. The number of rotatable bonds is 8. The minimum absolute atomic E-state index is 0.0358. The van der Waals surface area contributed by atoms with E-state index in [4.69, 9.17) is 4.74 Å². The molecule has 0 aliphatic carbocycles. The third-order valence-corrected chi connectivity index (χ3v) is 3.86. The van der Waals surface area contributed by atoms with Crippen molar-refractivity contribution in [3.8, 4) is 5.69 Å². The second kappa shape index (κ2) is 8.69. The molecule has 0 saturated heterocycles. The van der Waals surface area contributed by atoms with Gasteiger partial charge >= 0.3 is 0 Å². The number of ether oxygens (including phenoxy) is 1. The SMILES string of the molecule is Cc1ccc(C)n1-c1ccc(C(=O)NCCCOCC(C)C)cc1. The van der Waals surface area contributed by atoms with Crippen molar-refractivity contribution < 1.29 is 9.53 Å². The van der Waals surface area contributed by atoms with Crippen molar-refractivity contribution in [1.29, 1.82) is 0 Å². The summed E-state index contributed by atoms with van der Waals surface area (Å²) >= 11 is 0. The number of hydrogen-bond donors (Lipinski definition) is 1. The fourth-order valence-corrected chi connectivity index (χ4v) is 2.63. The van der Waals surface area contributed by atoms with Crippen molar-refractivity contribution in [2.75, 3.05) is 19.8 Å². The summed E-state index contributed by atoms with van der Waals surface area (Å²) in [4.78, 5) is 12.2. The number of amides is 1. The maximum Gasteiger partial charge on any atom is 0.251 e. The van der Waals surface area contributed by atoms with E-state index in [1.165, 1.54) is 11.4 Å². The number of aryl methyl sites for hydroxylation is 2. The van der Waals surface area contributed by atoms with Crippen LogP contribution in [0.4, 0.5) is 0 Å². The summed E-state index contributed by atoms with van der Waals surface area (Å²) in [6.45, 7) is 10.5. The van der Waals surface area contributed by atoms with Crippen molar-refractivity contribution >= 4 is 5.91 Å². The Kier molecular flexibility index (Phi) is 6.62. The molecule has 1 amide bonds. The summed E-state index contributed by atoms with van der Waals surface area (Å²) in [5.74, 6) is 0.511. The Hall–Kier alpha value is -2.07. The molecule has 1 N–H and O–H groups in total. The van der Waals surface area contributed by atoms with E-state index in [0.717, 1.165) is 18.7 Å². The smallest absolute Gasteiger partial charge is 0.251 e. The Bertz CT molecular complexity index is 637. The molecule has 4 heteroatoms. The number of benzene rings is 1. The van der Waals surface area contributed by atoms with Gasteiger partial charge in [-0.2, -0.15) is 0 Å². The van der Waals surface area contributed by atoms with E-state index in [2.05, 4.69) is 49.7 Å². The minimum atomic E-state index is -0.0358. The van der Waals surface area contributed by atoms with Gasteiger partial charge in [0.25, 0.3) is 5.91 Å². The van der Waals surface area contributed by atoms with Gasteiger partial charge in [-0.1, -0.05) is 13.8 Å². The average Bonchev–Trinajstić information content (AvgIpc) is 2.89. The maximum atomic E-state index is 12.2. The molecule has 4 nitrogen and oxygen atoms in total. The summed E-state index contributed by atoms with van der Waals surface area (Å²) < 4.78 is 7.68. The van der Waals surface area contributed by atoms with Crippen LogP contribution in [0.25, 0.3) is 5.69 Å². The zero-order valence-electron chi connectivity index (χ0n) is 15.1. The maximum absolute atomic E-state index is 12.2. The van der Waals surface area contributed by atoms with Gasteiger partial charge in [0.2, 0.25) is 0 Å². The summed E-state index contributed by atoms with van der Waals surface area (Å²) in [5, 5.41) is 2.94. The van der Waals surface area contributed by atoms with E-state index in [9.17, 15) is 4.79 Å². The fourth-order valence-electron chi connectivity index (χ4n) is 2.63. The first-order valence-electron chi connectivity index (χ1n) is 8.60.